The molecule has 0 saturated heterocycles. The van der Waals surface area contributed by atoms with Crippen LogP contribution in [0.15, 0.2) is 30.9 Å². The second-order valence-corrected chi connectivity index (χ2v) is 5.41. The quantitative estimate of drug-likeness (QED) is 0.768. The molecular formula is C14H14BN3O5. The fourth-order valence-corrected chi connectivity index (χ4v) is 2.68. The summed E-state index contributed by atoms with van der Waals surface area (Å²) in [5.41, 5.74) is 0.683. The number of ketones is 1. The molecule has 2 N–H and O–H groups in total. The molecule has 2 heterocycles. The number of hydrogen-bond acceptors (Lipinski definition) is 6. The molecule has 1 atom stereocenters. The summed E-state index contributed by atoms with van der Waals surface area (Å²) in [6.07, 6.45) is 3.27. The Morgan fingerprint density at radius 3 is 2.96 bits per heavy atom. The van der Waals surface area contributed by atoms with Gasteiger partial charge in [-0.05, 0) is 18.1 Å². The van der Waals surface area contributed by atoms with Gasteiger partial charge < -0.3 is 14.8 Å². The summed E-state index contributed by atoms with van der Waals surface area (Å²) < 4.78 is 6.77. The summed E-state index contributed by atoms with van der Waals surface area (Å²) in [4.78, 5) is 27.0. The van der Waals surface area contributed by atoms with Crippen molar-refractivity contribution in [1.82, 2.24) is 14.8 Å². The summed E-state index contributed by atoms with van der Waals surface area (Å²) >= 11 is 0. The van der Waals surface area contributed by atoms with Crippen molar-refractivity contribution >= 4 is 18.9 Å². The number of Topliss-reactive ketones (excluding diaryl/α,β-unsaturated/α-hetero) is 1. The molecule has 1 aromatic carbocycles. The number of rotatable bonds is 5. The van der Waals surface area contributed by atoms with Crippen molar-refractivity contribution in [2.45, 2.75) is 25.2 Å². The molecule has 0 radical (unpaired) electrons. The van der Waals surface area contributed by atoms with Crippen LogP contribution in [0.3, 0.4) is 0 Å². The lowest BCUT2D eigenvalue weighted by molar-refractivity contribution is -0.120. The molecule has 0 aliphatic carbocycles. The second kappa shape index (κ2) is 6.21. The predicted molar refractivity (Wildman–Crippen MR) is 79.1 cm³/mol. The van der Waals surface area contributed by atoms with Gasteiger partial charge in [0.05, 0.1) is 5.56 Å². The first-order valence-corrected chi connectivity index (χ1v) is 7.08. The van der Waals surface area contributed by atoms with E-state index >= 15 is 0 Å². The normalized spacial score (nSPS) is 16.6. The Balaban J connectivity index is 1.72. The molecule has 0 saturated carbocycles. The topological polar surface area (TPSA) is 115 Å². The Morgan fingerprint density at radius 2 is 2.26 bits per heavy atom. The molecule has 23 heavy (non-hydrogen) atoms. The minimum Gasteiger partial charge on any atom is -0.535 e. The predicted octanol–water partition coefficient (Wildman–Crippen LogP) is 0.421. The van der Waals surface area contributed by atoms with Crippen LogP contribution in [0.2, 0.25) is 5.82 Å². The molecule has 9 heteroatoms. The zero-order valence-electron chi connectivity index (χ0n) is 12.1. The van der Waals surface area contributed by atoms with E-state index < -0.39 is 18.9 Å². The molecule has 0 fully saturated rings. The van der Waals surface area contributed by atoms with Gasteiger partial charge in [0.15, 0.2) is 5.78 Å². The minimum absolute atomic E-state index is 0.00828. The van der Waals surface area contributed by atoms with E-state index in [4.69, 9.17) is 9.76 Å². The molecule has 0 unspecified atom stereocenters. The van der Waals surface area contributed by atoms with Crippen LogP contribution in [0.1, 0.15) is 22.3 Å². The Labute approximate surface area is 131 Å². The highest BCUT2D eigenvalue weighted by Gasteiger charge is 2.37. The van der Waals surface area contributed by atoms with Crippen molar-refractivity contribution < 1.29 is 24.4 Å². The van der Waals surface area contributed by atoms with Crippen molar-refractivity contribution in [2.24, 2.45) is 0 Å². The van der Waals surface area contributed by atoms with Gasteiger partial charge in [-0.15, -0.1) is 0 Å². The van der Waals surface area contributed by atoms with Crippen LogP contribution >= 0.6 is 0 Å². The molecule has 3 rings (SSSR count). The highest BCUT2D eigenvalue weighted by Crippen LogP contribution is 2.36. The third kappa shape index (κ3) is 3.24. The summed E-state index contributed by atoms with van der Waals surface area (Å²) in [6.45, 7) is 0.0746. The minimum atomic E-state index is -1.22. The molecule has 0 spiro atoms. The van der Waals surface area contributed by atoms with E-state index in [1.54, 1.807) is 12.1 Å². The van der Waals surface area contributed by atoms with Gasteiger partial charge in [-0.1, -0.05) is 12.1 Å². The van der Waals surface area contributed by atoms with E-state index in [2.05, 4.69) is 10.1 Å². The Bertz CT molecular complexity index is 734. The molecule has 118 valence electrons. The number of aromatic carboxylic acids is 1. The average Bonchev–Trinajstić information content (AvgIpc) is 3.00. The maximum Gasteiger partial charge on any atom is 0.526 e. The SMILES string of the molecule is O=C(C[C@H]1Cc2cccc(C(=O)O)c2OB1O)Cn1cncn1. The van der Waals surface area contributed by atoms with E-state index in [1.807, 2.05) is 0 Å². The smallest absolute Gasteiger partial charge is 0.526 e. The van der Waals surface area contributed by atoms with Gasteiger partial charge in [0.25, 0.3) is 0 Å². The number of carboxylic acids is 1. The lowest BCUT2D eigenvalue weighted by Gasteiger charge is -2.27. The monoisotopic (exact) mass is 315 g/mol. The molecule has 0 amide bonds. The van der Waals surface area contributed by atoms with E-state index in [-0.39, 0.29) is 30.1 Å². The van der Waals surface area contributed by atoms with Gasteiger partial charge in [-0.25, -0.2) is 14.5 Å². The molecule has 1 aromatic heterocycles. The lowest BCUT2D eigenvalue weighted by Crippen LogP contribution is -2.36. The number of carbonyl (C=O) groups excluding carboxylic acids is 1. The van der Waals surface area contributed by atoms with Crippen LogP contribution in [0, 0.1) is 0 Å². The van der Waals surface area contributed by atoms with Crippen LogP contribution in [0.5, 0.6) is 5.75 Å². The first-order valence-electron chi connectivity index (χ1n) is 7.08. The molecule has 2 aromatic rings. The maximum atomic E-state index is 12.1. The van der Waals surface area contributed by atoms with Crippen molar-refractivity contribution in [2.75, 3.05) is 0 Å². The van der Waals surface area contributed by atoms with Crippen molar-refractivity contribution in [3.63, 3.8) is 0 Å². The molecule has 8 nitrogen and oxygen atoms in total. The fraction of sp³-hybridized carbons (Fsp3) is 0.286. The van der Waals surface area contributed by atoms with Gasteiger partial charge in [-0.3, -0.25) is 4.79 Å². The van der Waals surface area contributed by atoms with Crippen LogP contribution < -0.4 is 4.65 Å². The Hall–Kier alpha value is -2.68. The molecule has 0 bridgehead atoms. The van der Waals surface area contributed by atoms with E-state index in [0.717, 1.165) is 0 Å². The maximum absolute atomic E-state index is 12.1. The van der Waals surface area contributed by atoms with Crippen LogP contribution in [-0.4, -0.2) is 43.8 Å². The summed E-state index contributed by atoms with van der Waals surface area (Å²) in [6, 6.07) is 4.78. The zero-order valence-corrected chi connectivity index (χ0v) is 12.1. The second-order valence-electron chi connectivity index (χ2n) is 5.41. The number of carboxylic acid groups (broad SMARTS) is 1. The van der Waals surface area contributed by atoms with Gasteiger partial charge in [0.2, 0.25) is 0 Å². The first-order chi connectivity index (χ1) is 11.0. The van der Waals surface area contributed by atoms with Crippen LogP contribution in [-0.2, 0) is 17.8 Å². The van der Waals surface area contributed by atoms with Gasteiger partial charge in [-0.2, -0.15) is 5.10 Å². The first kappa shape index (κ1) is 15.2. The van der Waals surface area contributed by atoms with E-state index in [1.165, 1.54) is 23.4 Å². The summed E-state index contributed by atoms with van der Waals surface area (Å²) in [5, 5.41) is 23.1. The average molecular weight is 315 g/mol. The third-order valence-electron chi connectivity index (χ3n) is 3.75. The standard InChI is InChI=1S/C14H14BN3O5/c19-11(6-18-8-16-7-17-18)5-10-4-9-2-1-3-12(14(20)21)13(9)23-15(10)22/h1-3,7-8,10,22H,4-6H2,(H,20,21)/t10-/m1/s1. The Morgan fingerprint density at radius 1 is 1.43 bits per heavy atom. The zero-order chi connectivity index (χ0) is 16.4. The number of fused-ring (bicyclic) bond motifs is 1. The highest BCUT2D eigenvalue weighted by molar-refractivity contribution is 6.47. The summed E-state index contributed by atoms with van der Waals surface area (Å²) in [5.74, 6) is -1.48. The van der Waals surface area contributed by atoms with Gasteiger partial charge in [0, 0.05) is 12.2 Å². The fourth-order valence-electron chi connectivity index (χ4n) is 2.68. The largest absolute Gasteiger partial charge is 0.535 e. The number of carbonyl (C=O) groups is 2. The third-order valence-corrected chi connectivity index (χ3v) is 3.75. The van der Waals surface area contributed by atoms with E-state index in [0.29, 0.717) is 12.0 Å². The number of hydrogen-bond donors (Lipinski definition) is 2. The van der Waals surface area contributed by atoms with Crippen molar-refractivity contribution in [3.05, 3.63) is 42.0 Å². The van der Waals surface area contributed by atoms with Crippen molar-refractivity contribution in [3.8, 4) is 5.75 Å². The number of benzene rings is 1. The molecule has 1 aliphatic rings. The highest BCUT2D eigenvalue weighted by atomic mass is 16.5. The number of nitrogens with zero attached hydrogens (tertiary/aromatic N) is 3. The van der Waals surface area contributed by atoms with Gasteiger partial charge in [0.1, 0.15) is 24.9 Å². The number of para-hydroxylation sites is 1. The number of aromatic nitrogens is 3. The molecule has 1 aliphatic heterocycles. The van der Waals surface area contributed by atoms with Gasteiger partial charge >= 0.3 is 13.1 Å². The van der Waals surface area contributed by atoms with Crippen LogP contribution in [0.25, 0.3) is 0 Å². The van der Waals surface area contributed by atoms with E-state index in [9.17, 15) is 14.6 Å². The molecular weight excluding hydrogens is 301 g/mol. The van der Waals surface area contributed by atoms with Crippen molar-refractivity contribution in [1.29, 1.82) is 0 Å². The Kier molecular flexibility index (Phi) is 4.11. The lowest BCUT2D eigenvalue weighted by atomic mass is 9.64. The summed E-state index contributed by atoms with van der Waals surface area (Å²) in [7, 11) is -1.22. The van der Waals surface area contributed by atoms with Crippen LogP contribution in [0.4, 0.5) is 0 Å².